The molecule has 2 aliphatic rings. The Kier molecular flexibility index (Phi) is 9.65. The van der Waals surface area contributed by atoms with Crippen LogP contribution in [0.15, 0.2) is 29.3 Å². The second-order valence-corrected chi connectivity index (χ2v) is 9.10. The fraction of sp³-hybridized carbons (Fsp3) is 0.680. The zero-order chi connectivity index (χ0) is 22.7. The number of ether oxygens (including phenoxy) is 2. The van der Waals surface area contributed by atoms with E-state index < -0.39 is 0 Å². The molecule has 2 aliphatic carbocycles. The van der Waals surface area contributed by atoms with E-state index in [9.17, 15) is 4.79 Å². The molecule has 0 aromatic heterocycles. The Hall–Kier alpha value is -2.28. The Balaban J connectivity index is 1.42. The normalized spacial score (nSPS) is 17.8. The predicted octanol–water partition coefficient (Wildman–Crippen LogP) is 3.04. The van der Waals surface area contributed by atoms with Crippen molar-refractivity contribution in [2.45, 2.75) is 64.3 Å². The van der Waals surface area contributed by atoms with E-state index in [-0.39, 0.29) is 12.5 Å². The van der Waals surface area contributed by atoms with Gasteiger partial charge in [-0.15, -0.1) is 0 Å². The number of nitrogens with one attached hydrogen (secondary N) is 3. The van der Waals surface area contributed by atoms with Gasteiger partial charge in [-0.1, -0.05) is 25.0 Å². The molecule has 7 heteroatoms. The molecule has 32 heavy (non-hydrogen) atoms. The van der Waals surface area contributed by atoms with E-state index in [1.54, 1.807) is 7.11 Å². The van der Waals surface area contributed by atoms with E-state index in [4.69, 9.17) is 14.5 Å². The number of benzene rings is 1. The molecular weight excluding hydrogens is 404 g/mol. The fourth-order valence-corrected chi connectivity index (χ4v) is 4.24. The number of guanidine groups is 1. The second-order valence-electron chi connectivity index (χ2n) is 9.10. The van der Waals surface area contributed by atoms with Crippen LogP contribution in [0.2, 0.25) is 0 Å². The van der Waals surface area contributed by atoms with Gasteiger partial charge >= 0.3 is 0 Å². The first-order valence-corrected chi connectivity index (χ1v) is 12.1. The van der Waals surface area contributed by atoms with Crippen molar-refractivity contribution in [3.63, 3.8) is 0 Å². The minimum Gasteiger partial charge on any atom is -0.484 e. The van der Waals surface area contributed by atoms with Crippen molar-refractivity contribution >= 4 is 11.9 Å². The molecule has 0 atom stereocenters. The lowest BCUT2D eigenvalue weighted by atomic mass is 9.83. The third kappa shape index (κ3) is 8.34. The molecule has 0 aliphatic heterocycles. The van der Waals surface area contributed by atoms with E-state index in [1.807, 2.05) is 12.1 Å². The lowest BCUT2D eigenvalue weighted by molar-refractivity contribution is -0.123. The minimum absolute atomic E-state index is 0.0439. The highest BCUT2D eigenvalue weighted by atomic mass is 16.5. The number of nitrogens with zero attached hydrogens (tertiary/aromatic N) is 1. The number of hydrogen-bond donors (Lipinski definition) is 3. The summed E-state index contributed by atoms with van der Waals surface area (Å²) in [4.78, 5) is 16.6. The molecule has 1 aromatic rings. The number of rotatable bonds is 13. The Labute approximate surface area is 192 Å². The Morgan fingerprint density at radius 1 is 1.16 bits per heavy atom. The lowest BCUT2D eigenvalue weighted by Crippen LogP contribution is -2.39. The van der Waals surface area contributed by atoms with Gasteiger partial charge in [-0.25, -0.2) is 0 Å². The van der Waals surface area contributed by atoms with Crippen LogP contribution in [-0.4, -0.2) is 57.9 Å². The number of methoxy groups -OCH3 is 1. The van der Waals surface area contributed by atoms with Gasteiger partial charge in [0.1, 0.15) is 5.75 Å². The average molecular weight is 445 g/mol. The first-order valence-electron chi connectivity index (χ1n) is 12.1. The van der Waals surface area contributed by atoms with Gasteiger partial charge in [-0.3, -0.25) is 9.79 Å². The van der Waals surface area contributed by atoms with Gasteiger partial charge in [-0.2, -0.15) is 0 Å². The lowest BCUT2D eigenvalue weighted by Gasteiger charge is -2.27. The summed E-state index contributed by atoms with van der Waals surface area (Å²) in [5.74, 6) is 1.57. The summed E-state index contributed by atoms with van der Waals surface area (Å²) in [6.07, 6.45) is 9.24. The second kappa shape index (κ2) is 12.7. The molecular formula is C25H40N4O3. The van der Waals surface area contributed by atoms with Crippen LogP contribution in [0.4, 0.5) is 0 Å². The number of carbonyl (C=O) groups excluding carboxylic acids is 1. The van der Waals surface area contributed by atoms with Gasteiger partial charge < -0.3 is 25.4 Å². The van der Waals surface area contributed by atoms with Gasteiger partial charge in [0.2, 0.25) is 0 Å². The van der Waals surface area contributed by atoms with Gasteiger partial charge in [0, 0.05) is 39.4 Å². The summed E-state index contributed by atoms with van der Waals surface area (Å²) >= 11 is 0. The van der Waals surface area contributed by atoms with Crippen LogP contribution >= 0.6 is 0 Å². The van der Waals surface area contributed by atoms with Crippen molar-refractivity contribution in [2.24, 2.45) is 10.4 Å². The zero-order valence-corrected chi connectivity index (χ0v) is 19.8. The van der Waals surface area contributed by atoms with Crippen LogP contribution in [0, 0.1) is 5.41 Å². The molecule has 2 fully saturated rings. The molecule has 3 N–H and O–H groups in total. The van der Waals surface area contributed by atoms with E-state index in [0.717, 1.165) is 63.6 Å². The summed E-state index contributed by atoms with van der Waals surface area (Å²) in [7, 11) is 1.78. The Bertz CT molecular complexity index is 725. The number of amides is 1. The largest absolute Gasteiger partial charge is 0.484 e. The SMILES string of the molecule is CCNC(=NCC1(CCOC)CCCC1)NCCc1ccc(OCC(=O)NC2CC2)cc1. The molecule has 0 radical (unpaired) electrons. The third-order valence-corrected chi connectivity index (χ3v) is 6.36. The molecule has 7 nitrogen and oxygen atoms in total. The highest BCUT2D eigenvalue weighted by Crippen LogP contribution is 2.41. The van der Waals surface area contributed by atoms with Crippen molar-refractivity contribution in [2.75, 3.05) is 40.0 Å². The Morgan fingerprint density at radius 3 is 2.56 bits per heavy atom. The van der Waals surface area contributed by atoms with E-state index in [2.05, 4.69) is 35.0 Å². The van der Waals surface area contributed by atoms with E-state index in [1.165, 1.54) is 31.2 Å². The van der Waals surface area contributed by atoms with Crippen LogP contribution in [0.5, 0.6) is 5.75 Å². The summed E-state index contributed by atoms with van der Waals surface area (Å²) in [6.45, 7) is 5.48. The first kappa shape index (κ1) is 24.4. The molecule has 2 saturated carbocycles. The molecule has 0 heterocycles. The molecule has 1 aromatic carbocycles. The highest BCUT2D eigenvalue weighted by Gasteiger charge is 2.33. The molecule has 0 spiro atoms. The van der Waals surface area contributed by atoms with Crippen molar-refractivity contribution in [3.05, 3.63) is 29.8 Å². The molecule has 0 saturated heterocycles. The summed E-state index contributed by atoms with van der Waals surface area (Å²) in [5, 5.41) is 9.77. The Morgan fingerprint density at radius 2 is 1.91 bits per heavy atom. The third-order valence-electron chi connectivity index (χ3n) is 6.36. The van der Waals surface area contributed by atoms with Gasteiger partial charge in [-0.05, 0) is 68.6 Å². The minimum atomic E-state index is -0.0439. The molecule has 0 unspecified atom stereocenters. The molecule has 0 bridgehead atoms. The number of aliphatic imine (C=N–C) groups is 1. The molecule has 3 rings (SSSR count). The highest BCUT2D eigenvalue weighted by molar-refractivity contribution is 5.79. The monoisotopic (exact) mass is 444 g/mol. The molecule has 178 valence electrons. The summed E-state index contributed by atoms with van der Waals surface area (Å²) < 4.78 is 10.9. The summed E-state index contributed by atoms with van der Waals surface area (Å²) in [6, 6.07) is 8.33. The van der Waals surface area contributed by atoms with Crippen LogP contribution < -0.4 is 20.7 Å². The van der Waals surface area contributed by atoms with Crippen molar-refractivity contribution in [1.82, 2.24) is 16.0 Å². The van der Waals surface area contributed by atoms with Gasteiger partial charge in [0.05, 0.1) is 0 Å². The average Bonchev–Trinajstić information content (AvgIpc) is 3.49. The maximum atomic E-state index is 11.7. The van der Waals surface area contributed by atoms with E-state index in [0.29, 0.717) is 11.5 Å². The maximum Gasteiger partial charge on any atom is 0.258 e. The van der Waals surface area contributed by atoms with Crippen LogP contribution in [-0.2, 0) is 16.0 Å². The van der Waals surface area contributed by atoms with Gasteiger partial charge in [0.15, 0.2) is 12.6 Å². The maximum absolute atomic E-state index is 11.7. The van der Waals surface area contributed by atoms with Crippen molar-refractivity contribution in [3.8, 4) is 5.75 Å². The summed E-state index contributed by atoms with van der Waals surface area (Å²) in [5.41, 5.74) is 1.51. The standard InChI is InChI=1S/C25H40N4O3/c1-3-26-24(28-19-25(15-17-31-2)13-4-5-14-25)27-16-12-20-6-10-22(11-7-20)32-18-23(30)29-21-8-9-21/h6-7,10-11,21H,3-5,8-9,12-19H2,1-2H3,(H,29,30)(H2,26,27,28). The fourth-order valence-electron chi connectivity index (χ4n) is 4.24. The molecule has 1 amide bonds. The topological polar surface area (TPSA) is 84.0 Å². The zero-order valence-electron chi connectivity index (χ0n) is 19.8. The predicted molar refractivity (Wildman–Crippen MR) is 128 cm³/mol. The van der Waals surface area contributed by atoms with Crippen molar-refractivity contribution < 1.29 is 14.3 Å². The van der Waals surface area contributed by atoms with Crippen LogP contribution in [0.25, 0.3) is 0 Å². The first-order chi connectivity index (χ1) is 15.6. The van der Waals surface area contributed by atoms with E-state index >= 15 is 0 Å². The quantitative estimate of drug-likeness (QED) is 0.322. The number of carbonyl (C=O) groups is 1. The smallest absolute Gasteiger partial charge is 0.258 e. The van der Waals surface area contributed by atoms with Crippen LogP contribution in [0.1, 0.15) is 57.4 Å². The van der Waals surface area contributed by atoms with Crippen LogP contribution in [0.3, 0.4) is 0 Å². The van der Waals surface area contributed by atoms with Crippen molar-refractivity contribution in [1.29, 1.82) is 0 Å². The van der Waals surface area contributed by atoms with Gasteiger partial charge in [0.25, 0.3) is 5.91 Å². The number of hydrogen-bond acceptors (Lipinski definition) is 4.